The molecule has 2 heterocycles. The van der Waals surface area contributed by atoms with Gasteiger partial charge in [-0.05, 0) is 7.05 Å². The molecule has 0 atom stereocenters. The minimum atomic E-state index is 0.657. The molecule has 6 heteroatoms. The van der Waals surface area contributed by atoms with E-state index in [9.17, 15) is 0 Å². The number of rotatable bonds is 3. The maximum atomic E-state index is 4.11. The SMILES string of the molecule is CNCc1ncnn1-c1ccncn1. The van der Waals surface area contributed by atoms with Crippen LogP contribution in [0.1, 0.15) is 5.82 Å². The van der Waals surface area contributed by atoms with E-state index in [0.717, 1.165) is 11.6 Å². The molecule has 0 spiro atoms. The van der Waals surface area contributed by atoms with Crippen molar-refractivity contribution in [2.24, 2.45) is 0 Å². The van der Waals surface area contributed by atoms with E-state index in [0.29, 0.717) is 6.54 Å². The third kappa shape index (κ3) is 1.60. The third-order valence-electron chi connectivity index (χ3n) is 1.74. The van der Waals surface area contributed by atoms with Crippen molar-refractivity contribution in [1.29, 1.82) is 0 Å². The normalized spacial score (nSPS) is 10.4. The Labute approximate surface area is 81.0 Å². The molecule has 0 aliphatic carbocycles. The highest BCUT2D eigenvalue weighted by atomic mass is 15.4. The van der Waals surface area contributed by atoms with Crippen molar-refractivity contribution >= 4 is 0 Å². The first-order valence-corrected chi connectivity index (χ1v) is 4.21. The summed E-state index contributed by atoms with van der Waals surface area (Å²) in [5.74, 6) is 1.55. The van der Waals surface area contributed by atoms with Crippen LogP contribution in [0.4, 0.5) is 0 Å². The largest absolute Gasteiger partial charge is 0.313 e. The predicted octanol–water partition coefficient (Wildman–Crippen LogP) is -0.223. The maximum Gasteiger partial charge on any atom is 0.158 e. The van der Waals surface area contributed by atoms with Crippen LogP contribution in [0, 0.1) is 0 Å². The molecule has 2 rings (SSSR count). The highest BCUT2D eigenvalue weighted by Gasteiger charge is 2.05. The van der Waals surface area contributed by atoms with Crippen LogP contribution < -0.4 is 5.32 Å². The van der Waals surface area contributed by atoms with Gasteiger partial charge in [-0.15, -0.1) is 0 Å². The molecule has 0 unspecified atom stereocenters. The number of hydrogen-bond donors (Lipinski definition) is 1. The smallest absolute Gasteiger partial charge is 0.158 e. The van der Waals surface area contributed by atoms with Crippen LogP contribution in [0.15, 0.2) is 24.9 Å². The molecule has 0 aliphatic heterocycles. The maximum absolute atomic E-state index is 4.11. The van der Waals surface area contributed by atoms with Crippen molar-refractivity contribution in [3.05, 3.63) is 30.7 Å². The Kier molecular flexibility index (Phi) is 2.46. The van der Waals surface area contributed by atoms with Crippen LogP contribution in [0.5, 0.6) is 0 Å². The molecule has 2 aromatic heterocycles. The van der Waals surface area contributed by atoms with Crippen molar-refractivity contribution in [2.45, 2.75) is 6.54 Å². The van der Waals surface area contributed by atoms with Gasteiger partial charge in [0.05, 0.1) is 6.54 Å². The highest BCUT2D eigenvalue weighted by Crippen LogP contribution is 2.02. The summed E-state index contributed by atoms with van der Waals surface area (Å²) in [5, 5.41) is 7.09. The number of nitrogens with zero attached hydrogens (tertiary/aromatic N) is 5. The standard InChI is InChI=1S/C8H10N6/c1-9-4-8-12-6-13-14(8)7-2-3-10-5-11-7/h2-3,5-6,9H,4H2,1H3. The highest BCUT2D eigenvalue weighted by molar-refractivity contribution is 5.18. The zero-order valence-corrected chi connectivity index (χ0v) is 7.75. The van der Waals surface area contributed by atoms with Gasteiger partial charge in [-0.1, -0.05) is 0 Å². The van der Waals surface area contributed by atoms with Gasteiger partial charge in [0.2, 0.25) is 0 Å². The second-order valence-electron chi connectivity index (χ2n) is 2.69. The molecule has 72 valence electrons. The van der Waals surface area contributed by atoms with E-state index in [-0.39, 0.29) is 0 Å². The first-order chi connectivity index (χ1) is 6.92. The van der Waals surface area contributed by atoms with Crippen LogP contribution in [0.3, 0.4) is 0 Å². The van der Waals surface area contributed by atoms with E-state index in [1.807, 2.05) is 7.05 Å². The molecule has 2 aromatic rings. The fraction of sp³-hybridized carbons (Fsp3) is 0.250. The van der Waals surface area contributed by atoms with Crippen LogP contribution >= 0.6 is 0 Å². The average molecular weight is 190 g/mol. The van der Waals surface area contributed by atoms with E-state index in [4.69, 9.17) is 0 Å². The molecule has 0 aliphatic rings. The number of aromatic nitrogens is 5. The van der Waals surface area contributed by atoms with Gasteiger partial charge in [0, 0.05) is 12.3 Å². The number of nitrogens with one attached hydrogen (secondary N) is 1. The lowest BCUT2D eigenvalue weighted by Gasteiger charge is -2.02. The zero-order valence-electron chi connectivity index (χ0n) is 7.75. The lowest BCUT2D eigenvalue weighted by atomic mass is 10.5. The van der Waals surface area contributed by atoms with Crippen molar-refractivity contribution < 1.29 is 0 Å². The quantitative estimate of drug-likeness (QED) is 0.724. The lowest BCUT2D eigenvalue weighted by molar-refractivity contribution is 0.701. The number of hydrogen-bond acceptors (Lipinski definition) is 5. The Balaban J connectivity index is 2.37. The molecule has 0 bridgehead atoms. The Hall–Kier alpha value is -1.82. The van der Waals surface area contributed by atoms with Crippen molar-refractivity contribution in [2.75, 3.05) is 7.05 Å². The van der Waals surface area contributed by atoms with E-state index < -0.39 is 0 Å². The van der Waals surface area contributed by atoms with Crippen molar-refractivity contribution in [3.63, 3.8) is 0 Å². The van der Waals surface area contributed by atoms with E-state index in [2.05, 4.69) is 25.4 Å². The molecule has 1 N–H and O–H groups in total. The van der Waals surface area contributed by atoms with Crippen LogP contribution in [0.2, 0.25) is 0 Å². The van der Waals surface area contributed by atoms with Crippen molar-refractivity contribution in [1.82, 2.24) is 30.0 Å². The molecule has 0 amide bonds. The van der Waals surface area contributed by atoms with Crippen molar-refractivity contribution in [3.8, 4) is 5.82 Å². The van der Waals surface area contributed by atoms with Gasteiger partial charge < -0.3 is 5.32 Å². The van der Waals surface area contributed by atoms with Crippen LogP contribution in [-0.4, -0.2) is 31.8 Å². The molecule has 0 fully saturated rings. The molecule has 6 nitrogen and oxygen atoms in total. The molecular weight excluding hydrogens is 180 g/mol. The van der Waals surface area contributed by atoms with Gasteiger partial charge in [-0.25, -0.2) is 15.0 Å². The summed E-state index contributed by atoms with van der Waals surface area (Å²) in [7, 11) is 1.86. The summed E-state index contributed by atoms with van der Waals surface area (Å²) in [5.41, 5.74) is 0. The molecule has 14 heavy (non-hydrogen) atoms. The lowest BCUT2D eigenvalue weighted by Crippen LogP contribution is -2.12. The molecular formula is C8H10N6. The summed E-state index contributed by atoms with van der Waals surface area (Å²) in [6.07, 6.45) is 4.67. The minimum absolute atomic E-state index is 0.657. The molecule has 0 aromatic carbocycles. The first kappa shape index (κ1) is 8.76. The van der Waals surface area contributed by atoms with Gasteiger partial charge in [0.25, 0.3) is 0 Å². The van der Waals surface area contributed by atoms with Gasteiger partial charge in [0.15, 0.2) is 5.82 Å². The first-order valence-electron chi connectivity index (χ1n) is 4.21. The second-order valence-corrected chi connectivity index (χ2v) is 2.69. The molecule has 0 saturated heterocycles. The van der Waals surface area contributed by atoms with E-state index in [1.54, 1.807) is 16.9 Å². The fourth-order valence-corrected chi connectivity index (χ4v) is 1.14. The van der Waals surface area contributed by atoms with E-state index >= 15 is 0 Å². The predicted molar refractivity (Wildman–Crippen MR) is 49.7 cm³/mol. The minimum Gasteiger partial charge on any atom is -0.313 e. The fourth-order valence-electron chi connectivity index (χ4n) is 1.14. The van der Waals surface area contributed by atoms with Gasteiger partial charge in [0.1, 0.15) is 18.5 Å². The Morgan fingerprint density at radius 3 is 3.00 bits per heavy atom. The van der Waals surface area contributed by atoms with E-state index in [1.165, 1.54) is 12.7 Å². The summed E-state index contributed by atoms with van der Waals surface area (Å²) in [6.45, 7) is 0.657. The third-order valence-corrected chi connectivity index (χ3v) is 1.74. The Morgan fingerprint density at radius 2 is 2.29 bits per heavy atom. The zero-order chi connectivity index (χ0) is 9.80. The van der Waals surface area contributed by atoms with Gasteiger partial charge in [-0.2, -0.15) is 9.78 Å². The molecule has 0 radical (unpaired) electrons. The molecule has 0 saturated carbocycles. The van der Waals surface area contributed by atoms with Gasteiger partial charge >= 0.3 is 0 Å². The summed E-state index contributed by atoms with van der Waals surface area (Å²) < 4.78 is 1.68. The Morgan fingerprint density at radius 1 is 1.36 bits per heavy atom. The Bertz CT molecular complexity index is 395. The van der Waals surface area contributed by atoms with Crippen LogP contribution in [-0.2, 0) is 6.54 Å². The van der Waals surface area contributed by atoms with Gasteiger partial charge in [-0.3, -0.25) is 0 Å². The topological polar surface area (TPSA) is 68.5 Å². The van der Waals surface area contributed by atoms with Crippen LogP contribution in [0.25, 0.3) is 5.82 Å². The summed E-state index contributed by atoms with van der Waals surface area (Å²) in [6, 6.07) is 1.79. The average Bonchev–Trinajstić information content (AvgIpc) is 2.68. The second kappa shape index (κ2) is 3.93. The summed E-state index contributed by atoms with van der Waals surface area (Å²) in [4.78, 5) is 12.0. The monoisotopic (exact) mass is 190 g/mol. The summed E-state index contributed by atoms with van der Waals surface area (Å²) >= 11 is 0.